The second-order valence-corrected chi connectivity index (χ2v) is 3.01. The maximum Gasteiger partial charge on any atom is 0.0264 e. The Balaban J connectivity index is 0.000000810. The van der Waals surface area contributed by atoms with Gasteiger partial charge in [0.1, 0.15) is 0 Å². The number of rotatable bonds is 2. The highest BCUT2D eigenvalue weighted by molar-refractivity contribution is 6.18. The fraction of sp³-hybridized carbons (Fsp3) is 1.00. The molecule has 0 aromatic rings. The predicted molar refractivity (Wildman–Crippen MR) is 48.2 cm³/mol. The first-order valence-electron chi connectivity index (χ1n) is 3.65. The van der Waals surface area contributed by atoms with E-state index >= 15 is 0 Å². The largest absolute Gasteiger partial charge is 0.303 e. The SMILES string of the molecule is CCN1CCC(CCl)C1.Cl. The van der Waals surface area contributed by atoms with Crippen molar-refractivity contribution in [2.45, 2.75) is 13.3 Å². The average Bonchev–Trinajstić information content (AvgIpc) is 2.34. The van der Waals surface area contributed by atoms with Crippen molar-refractivity contribution in [1.29, 1.82) is 0 Å². The lowest BCUT2D eigenvalue weighted by molar-refractivity contribution is 0.347. The highest BCUT2D eigenvalue weighted by atomic mass is 35.5. The summed E-state index contributed by atoms with van der Waals surface area (Å²) in [5.74, 6) is 1.61. The number of nitrogens with zero attached hydrogens (tertiary/aromatic N) is 1. The Morgan fingerprint density at radius 3 is 2.60 bits per heavy atom. The Kier molecular flexibility index (Phi) is 5.51. The van der Waals surface area contributed by atoms with Crippen LogP contribution in [0.25, 0.3) is 0 Å². The zero-order valence-electron chi connectivity index (χ0n) is 6.35. The molecule has 10 heavy (non-hydrogen) atoms. The fourth-order valence-corrected chi connectivity index (χ4v) is 1.58. The summed E-state index contributed by atoms with van der Waals surface area (Å²) in [6.07, 6.45) is 1.30. The Hall–Kier alpha value is 0.540. The van der Waals surface area contributed by atoms with Crippen LogP contribution in [0.3, 0.4) is 0 Å². The summed E-state index contributed by atoms with van der Waals surface area (Å²) in [5.41, 5.74) is 0. The van der Waals surface area contributed by atoms with Gasteiger partial charge in [-0.25, -0.2) is 0 Å². The third-order valence-corrected chi connectivity index (χ3v) is 2.47. The van der Waals surface area contributed by atoms with Gasteiger partial charge < -0.3 is 4.90 Å². The van der Waals surface area contributed by atoms with Gasteiger partial charge in [-0.05, 0) is 25.4 Å². The lowest BCUT2D eigenvalue weighted by Crippen LogP contribution is -2.19. The van der Waals surface area contributed by atoms with Gasteiger partial charge in [0, 0.05) is 12.4 Å². The standard InChI is InChI=1S/C7H14ClN.ClH/c1-2-9-4-3-7(5-8)6-9;/h7H,2-6H2,1H3;1H. The molecule has 0 aromatic heterocycles. The normalized spacial score (nSPS) is 26.4. The molecule has 0 saturated carbocycles. The summed E-state index contributed by atoms with van der Waals surface area (Å²) < 4.78 is 0. The van der Waals surface area contributed by atoms with E-state index in [1.807, 2.05) is 0 Å². The van der Waals surface area contributed by atoms with Crippen LogP contribution >= 0.6 is 24.0 Å². The van der Waals surface area contributed by atoms with Gasteiger partial charge in [0.25, 0.3) is 0 Å². The fourth-order valence-electron chi connectivity index (χ4n) is 1.33. The quantitative estimate of drug-likeness (QED) is 0.593. The van der Waals surface area contributed by atoms with E-state index in [0.717, 1.165) is 11.8 Å². The topological polar surface area (TPSA) is 3.24 Å². The first kappa shape index (κ1) is 10.5. The van der Waals surface area contributed by atoms with Gasteiger partial charge >= 0.3 is 0 Å². The smallest absolute Gasteiger partial charge is 0.0264 e. The molecule has 1 heterocycles. The van der Waals surface area contributed by atoms with Crippen LogP contribution in [0.5, 0.6) is 0 Å². The highest BCUT2D eigenvalue weighted by Gasteiger charge is 2.19. The summed E-state index contributed by atoms with van der Waals surface area (Å²) in [4.78, 5) is 2.45. The van der Waals surface area contributed by atoms with Gasteiger partial charge in [-0.2, -0.15) is 0 Å². The lowest BCUT2D eigenvalue weighted by Gasteiger charge is -2.10. The molecule has 1 atom stereocenters. The monoisotopic (exact) mass is 183 g/mol. The Labute approximate surface area is 74.1 Å². The predicted octanol–water partition coefficient (Wildman–Crippen LogP) is 1.99. The molecule has 0 aliphatic carbocycles. The second kappa shape index (κ2) is 5.22. The van der Waals surface area contributed by atoms with Gasteiger partial charge in [0.2, 0.25) is 0 Å². The number of likely N-dealkylation sites (tertiary alicyclic amines) is 1. The molecule has 1 aliphatic rings. The Morgan fingerprint density at radius 1 is 1.60 bits per heavy atom. The molecular formula is C7H15Cl2N. The molecule has 0 amide bonds. The average molecular weight is 184 g/mol. The molecule has 0 spiro atoms. The molecule has 1 fully saturated rings. The van der Waals surface area contributed by atoms with Crippen molar-refractivity contribution in [1.82, 2.24) is 4.90 Å². The molecule has 3 heteroatoms. The third-order valence-electron chi connectivity index (χ3n) is 2.04. The minimum atomic E-state index is 0. The van der Waals surface area contributed by atoms with E-state index in [-0.39, 0.29) is 12.4 Å². The summed E-state index contributed by atoms with van der Waals surface area (Å²) in [7, 11) is 0. The molecule has 0 radical (unpaired) electrons. The Bertz CT molecular complexity index is 77.7. The van der Waals surface area contributed by atoms with Crippen molar-refractivity contribution in [2.24, 2.45) is 5.92 Å². The van der Waals surface area contributed by atoms with E-state index < -0.39 is 0 Å². The molecule has 0 bridgehead atoms. The van der Waals surface area contributed by atoms with Crippen LogP contribution in [0.4, 0.5) is 0 Å². The molecule has 1 unspecified atom stereocenters. The van der Waals surface area contributed by atoms with Crippen LogP contribution in [0.15, 0.2) is 0 Å². The Morgan fingerprint density at radius 2 is 2.30 bits per heavy atom. The minimum Gasteiger partial charge on any atom is -0.303 e. The van der Waals surface area contributed by atoms with E-state index in [0.29, 0.717) is 0 Å². The van der Waals surface area contributed by atoms with Gasteiger partial charge in [0.05, 0.1) is 0 Å². The number of alkyl halides is 1. The van der Waals surface area contributed by atoms with Gasteiger partial charge in [-0.15, -0.1) is 24.0 Å². The van der Waals surface area contributed by atoms with E-state index in [9.17, 15) is 0 Å². The van der Waals surface area contributed by atoms with Crippen LogP contribution in [0.2, 0.25) is 0 Å². The van der Waals surface area contributed by atoms with Gasteiger partial charge in [-0.3, -0.25) is 0 Å². The number of hydrogen-bond donors (Lipinski definition) is 0. The summed E-state index contributed by atoms with van der Waals surface area (Å²) in [5, 5.41) is 0. The highest BCUT2D eigenvalue weighted by Crippen LogP contribution is 2.16. The van der Waals surface area contributed by atoms with Crippen LogP contribution in [0.1, 0.15) is 13.3 Å². The number of hydrogen-bond acceptors (Lipinski definition) is 1. The molecule has 62 valence electrons. The van der Waals surface area contributed by atoms with E-state index in [2.05, 4.69) is 11.8 Å². The van der Waals surface area contributed by atoms with Crippen molar-refractivity contribution in [3.05, 3.63) is 0 Å². The molecular weight excluding hydrogens is 169 g/mol. The van der Waals surface area contributed by atoms with Crippen molar-refractivity contribution >= 4 is 24.0 Å². The third kappa shape index (κ3) is 2.65. The van der Waals surface area contributed by atoms with Crippen molar-refractivity contribution in [3.8, 4) is 0 Å². The lowest BCUT2D eigenvalue weighted by atomic mass is 10.2. The van der Waals surface area contributed by atoms with Crippen LogP contribution < -0.4 is 0 Å². The first-order chi connectivity index (χ1) is 4.36. The van der Waals surface area contributed by atoms with Gasteiger partial charge in [0.15, 0.2) is 0 Å². The molecule has 1 saturated heterocycles. The minimum absolute atomic E-state index is 0. The van der Waals surface area contributed by atoms with Crippen LogP contribution in [0, 0.1) is 5.92 Å². The van der Waals surface area contributed by atoms with Crippen molar-refractivity contribution in [2.75, 3.05) is 25.5 Å². The summed E-state index contributed by atoms with van der Waals surface area (Å²) in [6, 6.07) is 0. The van der Waals surface area contributed by atoms with Crippen molar-refractivity contribution in [3.63, 3.8) is 0 Å². The van der Waals surface area contributed by atoms with Crippen molar-refractivity contribution < 1.29 is 0 Å². The van der Waals surface area contributed by atoms with E-state index in [4.69, 9.17) is 11.6 Å². The van der Waals surface area contributed by atoms with E-state index in [1.54, 1.807) is 0 Å². The molecule has 1 aliphatic heterocycles. The van der Waals surface area contributed by atoms with Crippen LogP contribution in [-0.2, 0) is 0 Å². The maximum absolute atomic E-state index is 5.70. The molecule has 0 aromatic carbocycles. The molecule has 1 rings (SSSR count). The number of halogens is 2. The summed E-state index contributed by atoms with van der Waals surface area (Å²) in [6.45, 7) is 5.87. The first-order valence-corrected chi connectivity index (χ1v) is 4.18. The van der Waals surface area contributed by atoms with Gasteiger partial charge in [-0.1, -0.05) is 6.92 Å². The zero-order chi connectivity index (χ0) is 6.69. The summed E-state index contributed by atoms with van der Waals surface area (Å²) >= 11 is 5.70. The zero-order valence-corrected chi connectivity index (χ0v) is 7.92. The molecule has 0 N–H and O–H groups in total. The second-order valence-electron chi connectivity index (χ2n) is 2.70. The van der Waals surface area contributed by atoms with Crippen LogP contribution in [-0.4, -0.2) is 30.4 Å². The van der Waals surface area contributed by atoms with E-state index in [1.165, 1.54) is 26.1 Å². The maximum atomic E-state index is 5.70. The molecule has 1 nitrogen and oxygen atoms in total.